The second-order valence-corrected chi connectivity index (χ2v) is 9.46. The number of rotatable bonds is 7. The monoisotopic (exact) mass is 471 g/mol. The lowest BCUT2D eigenvalue weighted by atomic mass is 9.95. The highest BCUT2D eigenvalue weighted by atomic mass is 16.2. The molecule has 0 radical (unpaired) electrons. The number of nitrogens with zero attached hydrogens (tertiary/aromatic N) is 4. The van der Waals surface area contributed by atoms with E-state index in [9.17, 15) is 9.59 Å². The Balaban J connectivity index is 1.29. The fraction of sp³-hybridized carbons (Fsp3) is 0.393. The molecule has 1 aliphatic heterocycles. The van der Waals surface area contributed by atoms with Crippen LogP contribution in [0.15, 0.2) is 72.7 Å². The molecule has 7 nitrogen and oxygen atoms in total. The Bertz CT molecular complexity index is 1180. The van der Waals surface area contributed by atoms with Crippen LogP contribution < -0.4 is 5.32 Å². The standard InChI is InChI=1S/C28H33N5O2/c34-26(29-16-15-22-10-3-1-4-11-22)23-12-9-19-32(21-23)28(35)25-20-30-33(24-13-5-2-6-14-24)27(25)31-17-7-8-18-31/h2,5-8,10,13-14,17-18,20,23H,1,3-4,9,11-12,15-16,19,21H2,(H,29,34)/t23-/m0/s1. The van der Waals surface area contributed by atoms with Gasteiger partial charge in [0.25, 0.3) is 5.91 Å². The van der Waals surface area contributed by atoms with E-state index >= 15 is 0 Å². The molecule has 35 heavy (non-hydrogen) atoms. The lowest BCUT2D eigenvalue weighted by Gasteiger charge is -2.32. The van der Waals surface area contributed by atoms with Crippen molar-refractivity contribution >= 4 is 11.8 Å². The largest absolute Gasteiger partial charge is 0.355 e. The quantitative estimate of drug-likeness (QED) is 0.515. The SMILES string of the molecule is O=C(NCCC1=CCCCC1)[C@H]1CCCN(C(=O)c2cnn(-c3ccccc3)c2-n2cccc2)C1. The van der Waals surface area contributed by atoms with E-state index in [1.807, 2.05) is 64.3 Å². The van der Waals surface area contributed by atoms with Crippen LogP contribution in [0.5, 0.6) is 0 Å². The van der Waals surface area contributed by atoms with Gasteiger partial charge in [0, 0.05) is 32.0 Å². The third-order valence-electron chi connectivity index (χ3n) is 7.03. The molecule has 2 aliphatic rings. The second kappa shape index (κ2) is 10.8. The molecular weight excluding hydrogens is 438 g/mol. The number of carbonyl (C=O) groups is 2. The summed E-state index contributed by atoms with van der Waals surface area (Å²) in [6, 6.07) is 13.7. The number of piperidine rings is 1. The molecule has 3 aromatic rings. The highest BCUT2D eigenvalue weighted by Gasteiger charge is 2.31. The van der Waals surface area contributed by atoms with Gasteiger partial charge in [0.2, 0.25) is 5.91 Å². The molecule has 0 unspecified atom stereocenters. The molecule has 5 rings (SSSR count). The average Bonchev–Trinajstić information content (AvgIpc) is 3.59. The number of aromatic nitrogens is 3. The Morgan fingerprint density at radius 2 is 1.86 bits per heavy atom. The van der Waals surface area contributed by atoms with Gasteiger partial charge in [-0.15, -0.1) is 0 Å². The van der Waals surface area contributed by atoms with Crippen molar-refractivity contribution < 1.29 is 9.59 Å². The smallest absolute Gasteiger partial charge is 0.259 e. The summed E-state index contributed by atoms with van der Waals surface area (Å²) < 4.78 is 3.71. The van der Waals surface area contributed by atoms with E-state index < -0.39 is 0 Å². The Labute approximate surface area is 206 Å². The maximum atomic E-state index is 13.7. The van der Waals surface area contributed by atoms with Crippen LogP contribution in [0.4, 0.5) is 0 Å². The van der Waals surface area contributed by atoms with Crippen molar-refractivity contribution in [2.45, 2.75) is 44.9 Å². The maximum Gasteiger partial charge on any atom is 0.259 e. The normalized spacial score (nSPS) is 18.2. The Morgan fingerprint density at radius 1 is 1.03 bits per heavy atom. The van der Waals surface area contributed by atoms with Crippen LogP contribution in [0.2, 0.25) is 0 Å². The lowest BCUT2D eigenvalue weighted by Crippen LogP contribution is -2.45. The zero-order valence-corrected chi connectivity index (χ0v) is 20.1. The van der Waals surface area contributed by atoms with Crippen molar-refractivity contribution in [1.29, 1.82) is 0 Å². The van der Waals surface area contributed by atoms with Gasteiger partial charge in [0.15, 0.2) is 5.82 Å². The molecule has 182 valence electrons. The van der Waals surface area contributed by atoms with Crippen molar-refractivity contribution in [1.82, 2.24) is 24.6 Å². The van der Waals surface area contributed by atoms with Crippen LogP contribution in [-0.4, -0.2) is 50.7 Å². The molecule has 0 spiro atoms. The third-order valence-corrected chi connectivity index (χ3v) is 7.03. The van der Waals surface area contributed by atoms with E-state index in [2.05, 4.69) is 16.5 Å². The van der Waals surface area contributed by atoms with Crippen molar-refractivity contribution in [3.63, 3.8) is 0 Å². The molecule has 1 aromatic carbocycles. The van der Waals surface area contributed by atoms with Crippen molar-refractivity contribution in [2.75, 3.05) is 19.6 Å². The summed E-state index contributed by atoms with van der Waals surface area (Å²) in [5.41, 5.74) is 2.89. The number of hydrogen-bond donors (Lipinski definition) is 1. The van der Waals surface area contributed by atoms with E-state index in [1.165, 1.54) is 18.4 Å². The molecule has 3 heterocycles. The molecule has 0 saturated carbocycles. The summed E-state index contributed by atoms with van der Waals surface area (Å²) in [6.45, 7) is 1.77. The minimum Gasteiger partial charge on any atom is -0.355 e. The highest BCUT2D eigenvalue weighted by molar-refractivity contribution is 5.97. The fourth-order valence-corrected chi connectivity index (χ4v) is 5.14. The molecule has 7 heteroatoms. The molecule has 1 saturated heterocycles. The number of allylic oxidation sites excluding steroid dienone is 1. The van der Waals surface area contributed by atoms with Crippen LogP contribution >= 0.6 is 0 Å². The molecule has 2 amide bonds. The summed E-state index contributed by atoms with van der Waals surface area (Å²) in [7, 11) is 0. The minimum absolute atomic E-state index is 0.0597. The predicted octanol–water partition coefficient (Wildman–Crippen LogP) is 4.52. The van der Waals surface area contributed by atoms with Crippen molar-refractivity contribution in [3.8, 4) is 11.5 Å². The van der Waals surface area contributed by atoms with Gasteiger partial charge in [-0.1, -0.05) is 29.8 Å². The number of carbonyl (C=O) groups excluding carboxylic acids is 2. The van der Waals surface area contributed by atoms with Crippen LogP contribution in [0.25, 0.3) is 11.5 Å². The van der Waals surface area contributed by atoms with Gasteiger partial charge < -0.3 is 14.8 Å². The first-order valence-electron chi connectivity index (χ1n) is 12.7. The van der Waals surface area contributed by atoms with Crippen molar-refractivity contribution in [3.05, 3.63) is 78.3 Å². The van der Waals surface area contributed by atoms with Gasteiger partial charge in [-0.2, -0.15) is 5.10 Å². The molecule has 1 fully saturated rings. The molecular formula is C28H33N5O2. The molecule has 1 atom stereocenters. The van der Waals surface area contributed by atoms with E-state index in [-0.39, 0.29) is 17.7 Å². The van der Waals surface area contributed by atoms with E-state index in [0.29, 0.717) is 31.0 Å². The van der Waals surface area contributed by atoms with Crippen molar-refractivity contribution in [2.24, 2.45) is 5.92 Å². The topological polar surface area (TPSA) is 72.2 Å². The summed E-state index contributed by atoms with van der Waals surface area (Å²) >= 11 is 0. The summed E-state index contributed by atoms with van der Waals surface area (Å²) in [4.78, 5) is 28.4. The highest BCUT2D eigenvalue weighted by Crippen LogP contribution is 2.25. The van der Waals surface area contributed by atoms with Gasteiger partial charge in [0.1, 0.15) is 5.56 Å². The molecule has 0 bridgehead atoms. The fourth-order valence-electron chi connectivity index (χ4n) is 5.14. The van der Waals surface area contributed by atoms with Crippen LogP contribution in [-0.2, 0) is 4.79 Å². The number of hydrogen-bond acceptors (Lipinski definition) is 3. The van der Waals surface area contributed by atoms with Crippen LogP contribution in [0, 0.1) is 5.92 Å². The summed E-state index contributed by atoms with van der Waals surface area (Å²) in [5.74, 6) is 0.510. The number of likely N-dealkylation sites (tertiary alicyclic amines) is 1. The minimum atomic E-state index is -0.174. The predicted molar refractivity (Wildman–Crippen MR) is 136 cm³/mol. The average molecular weight is 472 g/mol. The molecule has 2 aromatic heterocycles. The van der Waals surface area contributed by atoms with E-state index in [1.54, 1.807) is 10.9 Å². The summed E-state index contributed by atoms with van der Waals surface area (Å²) in [5, 5.41) is 7.68. The first-order chi connectivity index (χ1) is 17.2. The van der Waals surface area contributed by atoms with E-state index in [4.69, 9.17) is 0 Å². The number of benzene rings is 1. The number of amides is 2. The van der Waals surface area contributed by atoms with Gasteiger partial charge in [-0.3, -0.25) is 9.59 Å². The van der Waals surface area contributed by atoms with E-state index in [0.717, 1.165) is 37.8 Å². The summed E-state index contributed by atoms with van der Waals surface area (Å²) in [6.07, 6.45) is 15.2. The van der Waals surface area contributed by atoms with Gasteiger partial charge in [-0.05, 0) is 69.2 Å². The lowest BCUT2D eigenvalue weighted by molar-refractivity contribution is -0.126. The Hall–Kier alpha value is -3.61. The maximum absolute atomic E-state index is 13.7. The van der Waals surface area contributed by atoms with Gasteiger partial charge in [0.05, 0.1) is 17.8 Å². The van der Waals surface area contributed by atoms with Gasteiger partial charge >= 0.3 is 0 Å². The first-order valence-corrected chi connectivity index (χ1v) is 12.7. The Morgan fingerprint density at radius 3 is 2.63 bits per heavy atom. The van der Waals surface area contributed by atoms with Gasteiger partial charge in [-0.25, -0.2) is 4.68 Å². The third kappa shape index (κ3) is 5.24. The first kappa shape index (κ1) is 23.1. The molecule has 1 N–H and O–H groups in total. The Kier molecular flexibility index (Phi) is 7.12. The number of para-hydroxylation sites is 1. The van der Waals surface area contributed by atoms with Crippen LogP contribution in [0.3, 0.4) is 0 Å². The zero-order valence-electron chi connectivity index (χ0n) is 20.1. The zero-order chi connectivity index (χ0) is 24.0. The second-order valence-electron chi connectivity index (χ2n) is 9.46. The number of nitrogens with one attached hydrogen (secondary N) is 1. The van der Waals surface area contributed by atoms with Crippen LogP contribution in [0.1, 0.15) is 55.3 Å². The molecule has 1 aliphatic carbocycles.